The summed E-state index contributed by atoms with van der Waals surface area (Å²) in [4.78, 5) is 48.3. The molecule has 0 bridgehead atoms. The predicted molar refractivity (Wildman–Crippen MR) is 172 cm³/mol. The largest absolute Gasteiger partial charge is 0.465 e. The van der Waals surface area contributed by atoms with E-state index in [0.29, 0.717) is 11.3 Å². The zero-order valence-electron chi connectivity index (χ0n) is 24.2. The lowest BCUT2D eigenvalue weighted by atomic mass is 9.77. The van der Waals surface area contributed by atoms with Crippen molar-refractivity contribution >= 4 is 52.4 Å². The second-order valence-electron chi connectivity index (χ2n) is 10.9. The van der Waals surface area contributed by atoms with Crippen molar-refractivity contribution in [2.24, 2.45) is 5.92 Å². The summed E-state index contributed by atoms with van der Waals surface area (Å²) in [7, 11) is 1.24. The number of methoxy groups -OCH3 is 1. The molecule has 0 aromatic heterocycles. The fourth-order valence-corrected chi connectivity index (χ4v) is 8.18. The highest BCUT2D eigenvalue weighted by Crippen LogP contribution is 2.58. The van der Waals surface area contributed by atoms with Crippen LogP contribution in [0.4, 0.5) is 17.1 Å². The summed E-state index contributed by atoms with van der Waals surface area (Å²) in [6.45, 7) is 0. The van der Waals surface area contributed by atoms with Gasteiger partial charge in [0.2, 0.25) is 0 Å². The molecule has 0 saturated heterocycles. The predicted octanol–water partition coefficient (Wildman–Crippen LogP) is 7.55. The second kappa shape index (κ2) is 12.8. The molecule has 5 atom stereocenters. The van der Waals surface area contributed by atoms with Crippen molar-refractivity contribution in [1.29, 1.82) is 0 Å². The normalized spacial score (nSPS) is 21.3. The highest BCUT2D eigenvalue weighted by Gasteiger charge is 2.50. The minimum absolute atomic E-state index is 0.00560. The number of halogens is 1. The fraction of sp³-hybridized carbons (Fsp3) is 0.212. The van der Waals surface area contributed by atoms with Crippen LogP contribution in [0, 0.1) is 26.1 Å². The molecule has 4 aromatic carbocycles. The number of nitrogens with one attached hydrogen (secondary N) is 1. The Bertz CT molecular complexity index is 1850. The number of thioether (sulfide) groups is 1. The number of anilines is 1. The molecular weight excluding hydrogens is 634 g/mol. The van der Waals surface area contributed by atoms with Crippen LogP contribution in [0.25, 0.3) is 0 Å². The molecule has 13 heteroatoms. The van der Waals surface area contributed by atoms with Gasteiger partial charge in [-0.05, 0) is 59.9 Å². The molecule has 1 aliphatic heterocycles. The highest BCUT2D eigenvalue weighted by atomic mass is 35.5. The Morgan fingerprint density at radius 3 is 2.35 bits per heavy atom. The number of para-hydroxylation sites is 2. The first-order chi connectivity index (χ1) is 22.2. The lowest BCUT2D eigenvalue weighted by Crippen LogP contribution is -2.31. The molecule has 1 saturated carbocycles. The molecule has 0 spiro atoms. The standard InChI is InChI=1S/C33H26ClN3O8S/c1-44-33(39)21-6-2-4-8-26(21)45-32(38)19-12-15-24-22(16-19)29-23(31(35-24)18-10-13-20(14-11-18)36(40)41)17-28(30(29)34)46-27-9-5-3-7-25(27)37(42)43/h2-16,23,28-31,35H,17H2,1H3. The molecule has 0 radical (unpaired) electrons. The zero-order valence-corrected chi connectivity index (χ0v) is 25.8. The van der Waals surface area contributed by atoms with E-state index in [0.717, 1.165) is 16.8 Å². The maximum absolute atomic E-state index is 13.4. The topological polar surface area (TPSA) is 151 Å². The number of nitrogens with zero attached hydrogens (tertiary/aromatic N) is 2. The molecule has 5 unspecified atom stereocenters. The molecule has 0 amide bonds. The van der Waals surface area contributed by atoms with Crippen LogP contribution in [0.5, 0.6) is 5.75 Å². The van der Waals surface area contributed by atoms with Gasteiger partial charge in [0.15, 0.2) is 0 Å². The summed E-state index contributed by atoms with van der Waals surface area (Å²) in [5.41, 5.74) is 2.66. The van der Waals surface area contributed by atoms with Crippen LogP contribution in [0.3, 0.4) is 0 Å². The Morgan fingerprint density at radius 1 is 0.913 bits per heavy atom. The van der Waals surface area contributed by atoms with Crippen LogP contribution < -0.4 is 10.1 Å². The quantitative estimate of drug-likeness (QED) is 0.0660. The SMILES string of the molecule is COC(=O)c1ccccc1OC(=O)c1ccc2c(c1)C1C(Cl)C(Sc3ccccc3[N+](=O)[O-])CC1C(c1ccc([N+](=O)[O-])cc1)N2. The Hall–Kier alpha value is -4.94. The Kier molecular flexibility index (Phi) is 8.65. The number of esters is 2. The molecular formula is C33H26ClN3O8S. The minimum atomic E-state index is -0.678. The lowest BCUT2D eigenvalue weighted by molar-refractivity contribution is -0.387. The maximum atomic E-state index is 13.4. The molecule has 4 aromatic rings. The van der Waals surface area contributed by atoms with Crippen molar-refractivity contribution in [3.05, 3.63) is 133 Å². The van der Waals surface area contributed by atoms with Crippen LogP contribution >= 0.6 is 23.4 Å². The number of alkyl halides is 1. The van der Waals surface area contributed by atoms with Gasteiger partial charge < -0.3 is 14.8 Å². The van der Waals surface area contributed by atoms with E-state index < -0.39 is 27.2 Å². The zero-order chi connectivity index (χ0) is 32.5. The number of carbonyl (C=O) groups excluding carboxylic acids is 2. The van der Waals surface area contributed by atoms with Gasteiger partial charge in [0, 0.05) is 35.1 Å². The van der Waals surface area contributed by atoms with E-state index in [1.54, 1.807) is 60.7 Å². The first-order valence-corrected chi connectivity index (χ1v) is 15.6. The van der Waals surface area contributed by atoms with E-state index in [-0.39, 0.29) is 51.4 Å². The fourth-order valence-electron chi connectivity index (χ4n) is 6.24. The van der Waals surface area contributed by atoms with Crippen LogP contribution in [0.15, 0.2) is 95.9 Å². The van der Waals surface area contributed by atoms with E-state index >= 15 is 0 Å². The van der Waals surface area contributed by atoms with Crippen molar-refractivity contribution in [3.8, 4) is 5.75 Å². The van der Waals surface area contributed by atoms with Gasteiger partial charge in [-0.2, -0.15) is 0 Å². The van der Waals surface area contributed by atoms with Gasteiger partial charge in [-0.15, -0.1) is 23.4 Å². The summed E-state index contributed by atoms with van der Waals surface area (Å²) in [5.74, 6) is -1.67. The number of ether oxygens (including phenoxy) is 2. The number of hydrogen-bond acceptors (Lipinski definition) is 10. The number of rotatable bonds is 8. The molecule has 11 nitrogen and oxygen atoms in total. The summed E-state index contributed by atoms with van der Waals surface area (Å²) in [6.07, 6.45) is 0.574. The molecule has 234 valence electrons. The highest BCUT2D eigenvalue weighted by molar-refractivity contribution is 8.00. The van der Waals surface area contributed by atoms with Gasteiger partial charge in [0.1, 0.15) is 11.3 Å². The van der Waals surface area contributed by atoms with Crippen LogP contribution in [-0.4, -0.2) is 39.5 Å². The Morgan fingerprint density at radius 2 is 1.63 bits per heavy atom. The number of carbonyl (C=O) groups is 2. The summed E-state index contributed by atoms with van der Waals surface area (Å²) < 4.78 is 10.4. The summed E-state index contributed by atoms with van der Waals surface area (Å²) >= 11 is 8.59. The third-order valence-electron chi connectivity index (χ3n) is 8.35. The lowest BCUT2D eigenvalue weighted by Gasteiger charge is -2.38. The smallest absolute Gasteiger partial charge is 0.343 e. The van der Waals surface area contributed by atoms with Crippen molar-refractivity contribution in [1.82, 2.24) is 0 Å². The van der Waals surface area contributed by atoms with Crippen molar-refractivity contribution in [3.63, 3.8) is 0 Å². The van der Waals surface area contributed by atoms with Crippen molar-refractivity contribution < 1.29 is 28.9 Å². The maximum Gasteiger partial charge on any atom is 0.343 e. The van der Waals surface area contributed by atoms with E-state index in [4.69, 9.17) is 21.1 Å². The number of nitro groups is 2. The van der Waals surface area contributed by atoms with Crippen molar-refractivity contribution in [2.75, 3.05) is 12.4 Å². The van der Waals surface area contributed by atoms with Crippen LogP contribution in [-0.2, 0) is 4.74 Å². The molecule has 1 fully saturated rings. The van der Waals surface area contributed by atoms with Gasteiger partial charge in [-0.25, -0.2) is 9.59 Å². The molecule has 1 heterocycles. The number of hydrogen-bond donors (Lipinski definition) is 1. The molecule has 1 N–H and O–H groups in total. The van der Waals surface area contributed by atoms with Gasteiger partial charge >= 0.3 is 11.9 Å². The number of fused-ring (bicyclic) bond motifs is 3. The third kappa shape index (κ3) is 5.88. The van der Waals surface area contributed by atoms with E-state index in [1.165, 1.54) is 49.2 Å². The average molecular weight is 660 g/mol. The Balaban J connectivity index is 1.36. The summed E-state index contributed by atoms with van der Waals surface area (Å²) in [6, 6.07) is 24.0. The van der Waals surface area contributed by atoms with E-state index in [1.807, 2.05) is 0 Å². The first-order valence-electron chi connectivity index (χ1n) is 14.2. The van der Waals surface area contributed by atoms with Gasteiger partial charge in [-0.1, -0.05) is 36.4 Å². The third-order valence-corrected chi connectivity index (χ3v) is 10.5. The van der Waals surface area contributed by atoms with Gasteiger partial charge in [0.05, 0.1) is 38.8 Å². The molecule has 6 rings (SSSR count). The average Bonchev–Trinajstić information content (AvgIpc) is 3.39. The minimum Gasteiger partial charge on any atom is -0.465 e. The Labute approximate surface area is 272 Å². The molecule has 1 aliphatic carbocycles. The monoisotopic (exact) mass is 659 g/mol. The van der Waals surface area contributed by atoms with Crippen LogP contribution in [0.1, 0.15) is 50.2 Å². The molecule has 2 aliphatic rings. The van der Waals surface area contributed by atoms with Gasteiger partial charge in [-0.3, -0.25) is 20.2 Å². The van der Waals surface area contributed by atoms with Gasteiger partial charge in [0.25, 0.3) is 11.4 Å². The number of benzene rings is 4. The van der Waals surface area contributed by atoms with Crippen molar-refractivity contribution in [2.45, 2.75) is 33.9 Å². The summed E-state index contributed by atoms with van der Waals surface area (Å²) in [5, 5.41) is 25.9. The van der Waals surface area contributed by atoms with E-state index in [9.17, 15) is 29.8 Å². The van der Waals surface area contributed by atoms with E-state index in [2.05, 4.69) is 5.32 Å². The first kappa shape index (κ1) is 31.1. The molecule has 46 heavy (non-hydrogen) atoms. The van der Waals surface area contributed by atoms with Crippen LogP contribution in [0.2, 0.25) is 0 Å². The second-order valence-corrected chi connectivity index (χ2v) is 12.7. The number of non-ortho nitro benzene ring substituents is 1. The number of nitro benzene ring substituents is 2.